The van der Waals surface area contributed by atoms with E-state index in [1.54, 1.807) is 0 Å². The van der Waals surface area contributed by atoms with Crippen LogP contribution < -0.4 is 0 Å². The topological polar surface area (TPSA) is 34.1 Å². The van der Waals surface area contributed by atoms with Gasteiger partial charge < -0.3 is 0 Å². The van der Waals surface area contributed by atoms with Crippen LogP contribution in [0.5, 0.6) is 0 Å². The molecule has 0 rings (SSSR count). The number of rotatable bonds is 1. The Morgan fingerprint density at radius 2 is 1.12 bits per heavy atom. The van der Waals surface area contributed by atoms with E-state index in [2.05, 4.69) is 0 Å². The van der Waals surface area contributed by atoms with Crippen molar-refractivity contribution < 1.29 is 43.1 Å². The second-order valence-corrected chi connectivity index (χ2v) is 1.11. The predicted molar refractivity (Wildman–Crippen MR) is 21.4 cm³/mol. The zero-order chi connectivity index (χ0) is 5.15. The Labute approximate surface area is 68.8 Å². The van der Waals surface area contributed by atoms with Crippen LogP contribution in [-0.4, -0.2) is 11.6 Å². The molecule has 4 heteroatoms. The van der Waals surface area contributed by atoms with E-state index in [-0.39, 0.29) is 45.1 Å². The summed E-state index contributed by atoms with van der Waals surface area (Å²) in [5.41, 5.74) is 0. The van der Waals surface area contributed by atoms with E-state index in [0.717, 1.165) is 0 Å². The molecule has 0 aliphatic rings. The molecule has 2 nitrogen and oxygen atoms in total. The van der Waals surface area contributed by atoms with Crippen LogP contribution in [0.2, 0.25) is 0 Å². The molecule has 0 aliphatic heterocycles. The fourth-order valence-electron chi connectivity index (χ4n) is 0. The van der Waals surface area contributed by atoms with Gasteiger partial charge in [0.1, 0.15) is 0 Å². The minimum absolute atomic E-state index is 0. The van der Waals surface area contributed by atoms with Crippen LogP contribution in [0.4, 0.5) is 0 Å². The molecule has 0 aliphatic carbocycles. The Kier molecular flexibility index (Phi) is 14.5. The van der Waals surface area contributed by atoms with Crippen molar-refractivity contribution in [3.05, 3.63) is 0 Å². The Morgan fingerprint density at radius 1 is 1.00 bits per heavy atom. The van der Waals surface area contributed by atoms with Crippen LogP contribution in [-0.2, 0) is 43.1 Å². The first kappa shape index (κ1) is 15.8. The molecular weight excluding hydrogens is 195 g/mol. The maximum Gasteiger partial charge on any atom is 0.195 e. The van der Waals surface area contributed by atoms with Crippen molar-refractivity contribution in [2.45, 2.75) is 13.8 Å². The van der Waals surface area contributed by atoms with Gasteiger partial charge in [0.15, 0.2) is 11.6 Å². The number of Topliss-reactive ketones (excluding diaryl/α,β-unsaturated/α-hetero) is 2. The van der Waals surface area contributed by atoms with E-state index in [1.807, 2.05) is 0 Å². The van der Waals surface area contributed by atoms with Gasteiger partial charge in [-0.05, 0) is 0 Å². The summed E-state index contributed by atoms with van der Waals surface area (Å²) in [5.74, 6) is -0.759. The number of hydrogen-bond donors (Lipinski definition) is 0. The van der Waals surface area contributed by atoms with Crippen molar-refractivity contribution in [1.29, 1.82) is 0 Å². The summed E-state index contributed by atoms with van der Waals surface area (Å²) in [4.78, 5) is 19.6. The molecule has 0 saturated carbocycles. The van der Waals surface area contributed by atoms with Gasteiger partial charge in [-0.1, -0.05) is 0 Å². The fourth-order valence-corrected chi connectivity index (χ4v) is 0. The van der Waals surface area contributed by atoms with Crippen molar-refractivity contribution in [3.63, 3.8) is 0 Å². The molecule has 0 bridgehead atoms. The van der Waals surface area contributed by atoms with Crippen LogP contribution in [0.25, 0.3) is 0 Å². The molecule has 0 atom stereocenters. The van der Waals surface area contributed by atoms with Gasteiger partial charge in [0.2, 0.25) is 0 Å². The average Bonchev–Trinajstić information content (AvgIpc) is 1.36. The molecule has 0 heterocycles. The van der Waals surface area contributed by atoms with E-state index in [4.69, 9.17) is 0 Å². The third-order valence-electron chi connectivity index (χ3n) is 0.496. The van der Waals surface area contributed by atoms with Crippen molar-refractivity contribution in [1.82, 2.24) is 0 Å². The molecule has 52 valence electrons. The van der Waals surface area contributed by atoms with Gasteiger partial charge >= 0.3 is 0 Å². The summed E-state index contributed by atoms with van der Waals surface area (Å²) < 4.78 is 0. The Hall–Kier alpha value is 0.353. The standard InChI is InChI=1S/C4H6O2.Fe.Ni/c1-3(5)4(2)6;;/h1-2H3;;. The van der Waals surface area contributed by atoms with E-state index in [9.17, 15) is 9.59 Å². The largest absolute Gasteiger partial charge is 0.291 e. The van der Waals surface area contributed by atoms with E-state index in [0.29, 0.717) is 0 Å². The fraction of sp³-hybridized carbons (Fsp3) is 0.500. The summed E-state index contributed by atoms with van der Waals surface area (Å²) in [7, 11) is 0. The van der Waals surface area contributed by atoms with E-state index in [1.165, 1.54) is 13.8 Å². The smallest absolute Gasteiger partial charge is 0.195 e. The van der Waals surface area contributed by atoms with Crippen LogP contribution in [0.3, 0.4) is 0 Å². The minimum Gasteiger partial charge on any atom is -0.291 e. The summed E-state index contributed by atoms with van der Waals surface area (Å²) in [6, 6.07) is 0. The van der Waals surface area contributed by atoms with Crippen molar-refractivity contribution >= 4 is 11.6 Å². The van der Waals surface area contributed by atoms with Crippen LogP contribution in [0.15, 0.2) is 0 Å². The van der Waals surface area contributed by atoms with Crippen molar-refractivity contribution in [3.8, 4) is 0 Å². The number of carbonyl (C=O) groups excluding carboxylic acids is 2. The van der Waals surface area contributed by atoms with Gasteiger partial charge in [-0.15, -0.1) is 0 Å². The van der Waals surface area contributed by atoms with Crippen LogP contribution >= 0.6 is 0 Å². The van der Waals surface area contributed by atoms with Gasteiger partial charge in [-0.25, -0.2) is 0 Å². The van der Waals surface area contributed by atoms with E-state index < -0.39 is 0 Å². The molecule has 0 aromatic heterocycles. The first-order valence-corrected chi connectivity index (χ1v) is 1.66. The van der Waals surface area contributed by atoms with Gasteiger partial charge in [0, 0.05) is 47.4 Å². The normalized spacial score (nSPS) is 5.75. The number of hydrogen-bond acceptors (Lipinski definition) is 2. The van der Waals surface area contributed by atoms with Crippen LogP contribution in [0, 0.1) is 0 Å². The van der Waals surface area contributed by atoms with E-state index >= 15 is 0 Å². The summed E-state index contributed by atoms with van der Waals surface area (Å²) >= 11 is 0. The zero-order valence-electron chi connectivity index (χ0n) is 4.49. The van der Waals surface area contributed by atoms with Gasteiger partial charge in [-0.2, -0.15) is 0 Å². The molecule has 0 aromatic carbocycles. The molecule has 0 unspecified atom stereocenters. The maximum absolute atomic E-state index is 9.79. The molecule has 0 saturated heterocycles. The van der Waals surface area contributed by atoms with Crippen molar-refractivity contribution in [2.24, 2.45) is 0 Å². The molecule has 0 radical (unpaired) electrons. The average molecular weight is 201 g/mol. The molecule has 0 aromatic rings. The third kappa shape index (κ3) is 9.61. The molecular formula is C4H6FeNiO2. The number of carbonyl (C=O) groups is 2. The molecule has 0 fully saturated rings. The maximum atomic E-state index is 9.79. The zero-order valence-corrected chi connectivity index (χ0v) is 6.58. The Morgan fingerprint density at radius 3 is 1.12 bits per heavy atom. The van der Waals surface area contributed by atoms with Gasteiger partial charge in [0.25, 0.3) is 0 Å². The second-order valence-electron chi connectivity index (χ2n) is 1.11. The molecule has 0 spiro atoms. The first-order valence-electron chi connectivity index (χ1n) is 1.66. The summed E-state index contributed by atoms with van der Waals surface area (Å²) in [6.45, 7) is 2.50. The monoisotopic (exact) mass is 200 g/mol. The van der Waals surface area contributed by atoms with Gasteiger partial charge in [-0.3, -0.25) is 9.59 Å². The third-order valence-corrected chi connectivity index (χ3v) is 0.496. The summed E-state index contributed by atoms with van der Waals surface area (Å²) in [5, 5.41) is 0. The molecule has 0 N–H and O–H groups in total. The Balaban J connectivity index is -0.000000125. The van der Waals surface area contributed by atoms with Crippen molar-refractivity contribution in [2.75, 3.05) is 0 Å². The predicted octanol–water partition coefficient (Wildman–Crippen LogP) is 0.159. The second kappa shape index (κ2) is 7.35. The molecule has 8 heavy (non-hydrogen) atoms. The minimum atomic E-state index is -0.380. The number of ketones is 2. The van der Waals surface area contributed by atoms with Crippen LogP contribution in [0.1, 0.15) is 13.8 Å². The van der Waals surface area contributed by atoms with Gasteiger partial charge in [0.05, 0.1) is 0 Å². The molecule has 0 amide bonds. The first-order chi connectivity index (χ1) is 2.64. The Bertz CT molecular complexity index is 80.0. The SMILES string of the molecule is CC(=O)C(C)=O.[Fe].[Ni]. The quantitative estimate of drug-likeness (QED) is 0.447. The summed E-state index contributed by atoms with van der Waals surface area (Å²) in [6.07, 6.45) is 0.